The molecule has 3 aromatic rings. The fourth-order valence-electron chi connectivity index (χ4n) is 2.89. The summed E-state index contributed by atoms with van der Waals surface area (Å²) in [6, 6.07) is 14.7. The summed E-state index contributed by atoms with van der Waals surface area (Å²) in [6.45, 7) is 4.63. The highest BCUT2D eigenvalue weighted by Gasteiger charge is 2.21. The van der Waals surface area contributed by atoms with E-state index in [1.54, 1.807) is 11.3 Å². The molecule has 0 spiro atoms. The molecule has 0 radical (unpaired) electrons. The van der Waals surface area contributed by atoms with Crippen LogP contribution in [0.1, 0.15) is 27.8 Å². The van der Waals surface area contributed by atoms with E-state index in [2.05, 4.69) is 65.7 Å². The minimum Gasteiger partial charge on any atom is -0.365 e. The molecule has 2 heterocycles. The normalized spacial score (nSPS) is 12.6. The standard InChI is InChI=1S/C20H25N3OS/c1-16-10-14-25-20(16)19(18-9-11-21-23(18)3)24-13-12-22(2)15-17-7-5-4-6-8-17/h4-11,14,19H,12-13,15H2,1-3H3/t19-/m0/s1. The predicted molar refractivity (Wildman–Crippen MR) is 103 cm³/mol. The lowest BCUT2D eigenvalue weighted by Gasteiger charge is -2.21. The highest BCUT2D eigenvalue weighted by atomic mass is 32.1. The van der Waals surface area contributed by atoms with Gasteiger partial charge in [-0.15, -0.1) is 11.3 Å². The number of hydrogen-bond acceptors (Lipinski definition) is 4. The zero-order valence-corrected chi connectivity index (χ0v) is 15.9. The van der Waals surface area contributed by atoms with E-state index >= 15 is 0 Å². The molecule has 1 atom stereocenters. The number of aromatic nitrogens is 2. The summed E-state index contributed by atoms with van der Waals surface area (Å²) in [5.41, 5.74) is 3.69. The van der Waals surface area contributed by atoms with Crippen molar-refractivity contribution in [3.63, 3.8) is 0 Å². The van der Waals surface area contributed by atoms with E-state index in [9.17, 15) is 0 Å². The fraction of sp³-hybridized carbons (Fsp3) is 0.350. The van der Waals surface area contributed by atoms with Crippen molar-refractivity contribution in [2.24, 2.45) is 7.05 Å². The van der Waals surface area contributed by atoms with Gasteiger partial charge in [-0.25, -0.2) is 0 Å². The number of thiophene rings is 1. The minimum atomic E-state index is -0.0578. The molecule has 0 unspecified atom stereocenters. The first-order chi connectivity index (χ1) is 12.1. The number of hydrogen-bond donors (Lipinski definition) is 0. The third kappa shape index (κ3) is 4.57. The van der Waals surface area contributed by atoms with Crippen molar-refractivity contribution in [3.05, 3.63) is 75.7 Å². The monoisotopic (exact) mass is 355 g/mol. The van der Waals surface area contributed by atoms with Crippen molar-refractivity contribution in [2.75, 3.05) is 20.2 Å². The molecular weight excluding hydrogens is 330 g/mol. The summed E-state index contributed by atoms with van der Waals surface area (Å²) in [6.07, 6.45) is 1.77. The van der Waals surface area contributed by atoms with E-state index in [-0.39, 0.29) is 6.10 Å². The Balaban J connectivity index is 1.62. The van der Waals surface area contributed by atoms with Crippen molar-refractivity contribution in [3.8, 4) is 0 Å². The van der Waals surface area contributed by atoms with Crippen LogP contribution in [0.2, 0.25) is 0 Å². The molecule has 2 aromatic heterocycles. The Morgan fingerprint density at radius 2 is 2.00 bits per heavy atom. The van der Waals surface area contributed by atoms with Crippen LogP contribution in [0.25, 0.3) is 0 Å². The van der Waals surface area contributed by atoms with Crippen LogP contribution in [0.15, 0.2) is 54.0 Å². The van der Waals surface area contributed by atoms with Crippen molar-refractivity contribution in [1.82, 2.24) is 14.7 Å². The third-order valence-electron chi connectivity index (χ3n) is 4.32. The molecule has 0 saturated heterocycles. The second-order valence-corrected chi connectivity index (χ2v) is 7.27. The van der Waals surface area contributed by atoms with Crippen LogP contribution in [0.4, 0.5) is 0 Å². The number of aryl methyl sites for hydroxylation is 2. The molecule has 4 nitrogen and oxygen atoms in total. The van der Waals surface area contributed by atoms with Crippen LogP contribution in [0, 0.1) is 6.92 Å². The van der Waals surface area contributed by atoms with E-state index in [4.69, 9.17) is 4.74 Å². The molecule has 0 aliphatic heterocycles. The Labute approximate surface area is 153 Å². The molecule has 0 aliphatic rings. The molecule has 0 bridgehead atoms. The number of benzene rings is 1. The maximum absolute atomic E-state index is 6.31. The Bertz CT molecular complexity index is 741. The van der Waals surface area contributed by atoms with Crippen LogP contribution in [-0.2, 0) is 18.3 Å². The van der Waals surface area contributed by atoms with Gasteiger partial charge in [-0.3, -0.25) is 9.58 Å². The summed E-state index contributed by atoms with van der Waals surface area (Å²) in [5, 5.41) is 6.43. The molecule has 25 heavy (non-hydrogen) atoms. The smallest absolute Gasteiger partial charge is 0.134 e. The summed E-state index contributed by atoms with van der Waals surface area (Å²) in [4.78, 5) is 3.55. The van der Waals surface area contributed by atoms with E-state index in [0.29, 0.717) is 6.61 Å². The highest BCUT2D eigenvalue weighted by molar-refractivity contribution is 7.10. The van der Waals surface area contributed by atoms with Gasteiger partial charge in [-0.2, -0.15) is 5.10 Å². The first-order valence-corrected chi connectivity index (χ1v) is 9.39. The molecule has 0 N–H and O–H groups in total. The number of nitrogens with zero attached hydrogens (tertiary/aromatic N) is 3. The van der Waals surface area contributed by atoms with Crippen LogP contribution >= 0.6 is 11.3 Å². The molecule has 0 amide bonds. The SMILES string of the molecule is Cc1ccsc1[C@@H](OCCN(C)Cc1ccccc1)c1ccnn1C. The van der Waals surface area contributed by atoms with Gasteiger partial charge in [0.1, 0.15) is 6.10 Å². The van der Waals surface area contributed by atoms with Crippen molar-refractivity contribution >= 4 is 11.3 Å². The Morgan fingerprint density at radius 3 is 2.64 bits per heavy atom. The van der Waals surface area contributed by atoms with E-state index in [0.717, 1.165) is 18.8 Å². The molecular formula is C20H25N3OS. The van der Waals surface area contributed by atoms with E-state index < -0.39 is 0 Å². The van der Waals surface area contributed by atoms with Crippen molar-refractivity contribution < 1.29 is 4.74 Å². The quantitative estimate of drug-likeness (QED) is 0.611. The molecule has 132 valence electrons. The van der Waals surface area contributed by atoms with E-state index in [1.165, 1.54) is 16.0 Å². The van der Waals surface area contributed by atoms with Gasteiger partial charge >= 0.3 is 0 Å². The van der Waals surface area contributed by atoms with Gasteiger partial charge in [0.15, 0.2) is 0 Å². The second-order valence-electron chi connectivity index (χ2n) is 6.32. The average Bonchev–Trinajstić information content (AvgIpc) is 3.21. The first kappa shape index (κ1) is 17.9. The Kier molecular flexibility index (Phi) is 6.02. The minimum absolute atomic E-state index is 0.0578. The zero-order valence-electron chi connectivity index (χ0n) is 15.1. The summed E-state index contributed by atoms with van der Waals surface area (Å²) in [5.74, 6) is 0. The first-order valence-electron chi connectivity index (χ1n) is 8.51. The lowest BCUT2D eigenvalue weighted by molar-refractivity contribution is 0.0606. The van der Waals surface area contributed by atoms with Crippen LogP contribution < -0.4 is 0 Å². The number of likely N-dealkylation sites (N-methyl/N-ethyl adjacent to an activating group) is 1. The van der Waals surface area contributed by atoms with Crippen molar-refractivity contribution in [2.45, 2.75) is 19.6 Å². The highest BCUT2D eigenvalue weighted by Crippen LogP contribution is 2.32. The molecule has 5 heteroatoms. The largest absolute Gasteiger partial charge is 0.365 e. The third-order valence-corrected chi connectivity index (χ3v) is 5.38. The van der Waals surface area contributed by atoms with Gasteiger partial charge in [0.05, 0.1) is 12.3 Å². The van der Waals surface area contributed by atoms with Crippen LogP contribution in [0.3, 0.4) is 0 Å². The molecule has 0 saturated carbocycles. The number of ether oxygens (including phenoxy) is 1. The molecule has 3 rings (SSSR count). The summed E-state index contributed by atoms with van der Waals surface area (Å²) >= 11 is 1.75. The van der Waals surface area contributed by atoms with Gasteiger partial charge in [0.2, 0.25) is 0 Å². The summed E-state index contributed by atoms with van der Waals surface area (Å²) < 4.78 is 8.21. The Morgan fingerprint density at radius 1 is 1.20 bits per heavy atom. The number of rotatable bonds is 8. The van der Waals surface area contributed by atoms with Gasteiger partial charge in [-0.05, 0) is 42.6 Å². The zero-order chi connectivity index (χ0) is 17.6. The van der Waals surface area contributed by atoms with Crippen molar-refractivity contribution in [1.29, 1.82) is 0 Å². The van der Waals surface area contributed by atoms with Crippen LogP contribution in [-0.4, -0.2) is 34.9 Å². The van der Waals surface area contributed by atoms with Gasteiger partial charge in [0, 0.05) is 31.2 Å². The molecule has 0 fully saturated rings. The lowest BCUT2D eigenvalue weighted by atomic mass is 10.1. The van der Waals surface area contributed by atoms with Gasteiger partial charge in [-0.1, -0.05) is 30.3 Å². The maximum Gasteiger partial charge on any atom is 0.134 e. The molecule has 1 aromatic carbocycles. The summed E-state index contributed by atoms with van der Waals surface area (Å²) in [7, 11) is 4.10. The fourth-order valence-corrected chi connectivity index (χ4v) is 3.88. The van der Waals surface area contributed by atoms with Gasteiger partial charge < -0.3 is 4.74 Å². The second kappa shape index (κ2) is 8.43. The lowest BCUT2D eigenvalue weighted by Crippen LogP contribution is -2.24. The average molecular weight is 356 g/mol. The van der Waals surface area contributed by atoms with Crippen LogP contribution in [0.5, 0.6) is 0 Å². The van der Waals surface area contributed by atoms with Gasteiger partial charge in [0.25, 0.3) is 0 Å². The predicted octanol–water partition coefficient (Wildman–Crippen LogP) is 4.03. The Hall–Kier alpha value is -1.95. The maximum atomic E-state index is 6.31. The topological polar surface area (TPSA) is 30.3 Å². The van der Waals surface area contributed by atoms with E-state index in [1.807, 2.05) is 24.0 Å². The molecule has 0 aliphatic carbocycles.